The van der Waals surface area contributed by atoms with E-state index in [4.69, 9.17) is 0 Å². The minimum Gasteiger partial charge on any atom is -0.317 e. The molecule has 1 rings (SSSR count). The summed E-state index contributed by atoms with van der Waals surface area (Å²) in [4.78, 5) is 0. The van der Waals surface area contributed by atoms with Crippen molar-refractivity contribution in [2.24, 2.45) is 0 Å². The maximum atomic E-state index is 12.3. The fraction of sp³-hybridized carbons (Fsp3) is 0.571. The summed E-state index contributed by atoms with van der Waals surface area (Å²) >= 11 is 0. The van der Waals surface area contributed by atoms with Crippen LogP contribution in [0.4, 0.5) is 5.69 Å². The monoisotopic (exact) mass is 284 g/mol. The molecule has 0 saturated heterocycles. The fourth-order valence-electron chi connectivity index (χ4n) is 1.96. The number of nitrogens with zero attached hydrogens (tertiary/aromatic N) is 1. The van der Waals surface area contributed by atoms with Crippen LogP contribution < -0.4 is 9.62 Å². The van der Waals surface area contributed by atoms with Gasteiger partial charge in [0, 0.05) is 6.54 Å². The molecular formula is C14H24N2O2S. The van der Waals surface area contributed by atoms with Gasteiger partial charge in [-0.1, -0.05) is 25.1 Å². The second-order valence-electron chi connectivity index (χ2n) is 4.38. The highest BCUT2D eigenvalue weighted by Crippen LogP contribution is 2.18. The number of sulfonamides is 1. The minimum atomic E-state index is -3.21. The van der Waals surface area contributed by atoms with Crippen molar-refractivity contribution in [3.05, 3.63) is 30.3 Å². The van der Waals surface area contributed by atoms with Crippen LogP contribution in [0.3, 0.4) is 0 Å². The number of unbranched alkanes of at least 4 members (excludes halogenated alkanes) is 1. The number of hydrogen-bond donors (Lipinski definition) is 1. The smallest absolute Gasteiger partial charge is 0.235 e. The molecule has 0 saturated carbocycles. The Morgan fingerprint density at radius 3 is 2.37 bits per heavy atom. The normalized spacial score (nSPS) is 11.5. The van der Waals surface area contributed by atoms with Crippen LogP contribution in [0.1, 0.15) is 26.7 Å². The Morgan fingerprint density at radius 1 is 1.11 bits per heavy atom. The third-order valence-electron chi connectivity index (χ3n) is 2.92. The molecule has 19 heavy (non-hydrogen) atoms. The van der Waals surface area contributed by atoms with E-state index in [-0.39, 0.29) is 5.75 Å². The number of nitrogens with one attached hydrogen (secondary N) is 1. The lowest BCUT2D eigenvalue weighted by Crippen LogP contribution is -2.33. The fourth-order valence-corrected chi connectivity index (χ4v) is 3.58. The summed E-state index contributed by atoms with van der Waals surface area (Å²) in [5.74, 6) is 0.209. The second-order valence-corrected chi connectivity index (χ2v) is 6.39. The minimum absolute atomic E-state index is 0.209. The maximum absolute atomic E-state index is 12.3. The molecule has 0 atom stereocenters. The summed E-state index contributed by atoms with van der Waals surface area (Å²) in [5.41, 5.74) is 0.747. The predicted molar refractivity (Wildman–Crippen MR) is 81.0 cm³/mol. The molecule has 0 radical (unpaired) electrons. The Morgan fingerprint density at radius 2 is 1.79 bits per heavy atom. The van der Waals surface area contributed by atoms with E-state index in [9.17, 15) is 8.42 Å². The van der Waals surface area contributed by atoms with Crippen LogP contribution in [0, 0.1) is 0 Å². The molecule has 0 aromatic heterocycles. The largest absolute Gasteiger partial charge is 0.317 e. The summed E-state index contributed by atoms with van der Waals surface area (Å²) < 4.78 is 26.1. The van der Waals surface area contributed by atoms with Crippen LogP contribution in [0.5, 0.6) is 0 Å². The van der Waals surface area contributed by atoms with Crippen molar-refractivity contribution in [2.45, 2.75) is 26.7 Å². The zero-order chi connectivity index (χ0) is 14.1. The van der Waals surface area contributed by atoms with E-state index in [2.05, 4.69) is 5.32 Å². The van der Waals surface area contributed by atoms with Crippen molar-refractivity contribution < 1.29 is 8.42 Å². The molecule has 0 amide bonds. The van der Waals surface area contributed by atoms with Gasteiger partial charge in [0.25, 0.3) is 0 Å². The maximum Gasteiger partial charge on any atom is 0.235 e. The summed E-state index contributed by atoms with van der Waals surface area (Å²) in [5, 5.41) is 3.20. The lowest BCUT2D eigenvalue weighted by atomic mass is 10.3. The zero-order valence-electron chi connectivity index (χ0n) is 11.8. The van der Waals surface area contributed by atoms with Gasteiger partial charge in [-0.2, -0.15) is 0 Å². The van der Waals surface area contributed by atoms with E-state index in [0.29, 0.717) is 13.0 Å². The highest BCUT2D eigenvalue weighted by molar-refractivity contribution is 7.92. The van der Waals surface area contributed by atoms with Crippen LogP contribution in [0.2, 0.25) is 0 Å². The van der Waals surface area contributed by atoms with Crippen molar-refractivity contribution in [1.29, 1.82) is 0 Å². The van der Waals surface area contributed by atoms with E-state index >= 15 is 0 Å². The topological polar surface area (TPSA) is 49.4 Å². The highest BCUT2D eigenvalue weighted by atomic mass is 32.2. The molecule has 0 unspecified atom stereocenters. The van der Waals surface area contributed by atoms with Gasteiger partial charge >= 0.3 is 0 Å². The van der Waals surface area contributed by atoms with Gasteiger partial charge in [-0.15, -0.1) is 0 Å². The molecule has 0 aliphatic heterocycles. The van der Waals surface area contributed by atoms with Crippen LogP contribution in [-0.2, 0) is 10.0 Å². The molecule has 1 aromatic carbocycles. The Balaban J connectivity index is 2.59. The zero-order valence-corrected chi connectivity index (χ0v) is 12.6. The first-order chi connectivity index (χ1) is 9.11. The third-order valence-corrected chi connectivity index (χ3v) is 4.87. The molecule has 1 N–H and O–H groups in total. The van der Waals surface area contributed by atoms with Crippen molar-refractivity contribution >= 4 is 15.7 Å². The Bertz CT molecular complexity index is 446. The number of hydrogen-bond acceptors (Lipinski definition) is 3. The number of anilines is 1. The van der Waals surface area contributed by atoms with E-state index in [1.54, 1.807) is 0 Å². The third kappa shape index (κ3) is 5.20. The number of benzene rings is 1. The quantitative estimate of drug-likeness (QED) is 0.707. The molecule has 0 fully saturated rings. The van der Waals surface area contributed by atoms with Crippen LogP contribution in [-0.4, -0.2) is 33.8 Å². The van der Waals surface area contributed by atoms with Gasteiger partial charge in [0.05, 0.1) is 11.4 Å². The standard InChI is InChI=1S/C14H24N2O2S/c1-3-15-12-8-9-13-19(17,18)16(4-2)14-10-6-5-7-11-14/h5-7,10-11,15H,3-4,8-9,12-13H2,1-2H3. The van der Waals surface area contributed by atoms with Gasteiger partial charge < -0.3 is 5.32 Å². The van der Waals surface area contributed by atoms with Crippen LogP contribution in [0.25, 0.3) is 0 Å². The SMILES string of the molecule is CCNCCCCS(=O)(=O)N(CC)c1ccccc1. The molecule has 0 aliphatic rings. The van der Waals surface area contributed by atoms with Crippen molar-refractivity contribution in [3.8, 4) is 0 Å². The molecule has 0 spiro atoms. The summed E-state index contributed by atoms with van der Waals surface area (Å²) in [6.45, 7) is 6.19. The average molecular weight is 284 g/mol. The first-order valence-corrected chi connectivity index (χ1v) is 8.49. The lowest BCUT2D eigenvalue weighted by molar-refractivity contribution is 0.584. The number of rotatable bonds is 9. The van der Waals surface area contributed by atoms with E-state index < -0.39 is 10.0 Å². The van der Waals surface area contributed by atoms with Gasteiger partial charge in [-0.3, -0.25) is 4.31 Å². The van der Waals surface area contributed by atoms with Crippen molar-refractivity contribution in [1.82, 2.24) is 5.32 Å². The van der Waals surface area contributed by atoms with Crippen molar-refractivity contribution in [2.75, 3.05) is 29.7 Å². The summed E-state index contributed by atoms with van der Waals surface area (Å²) in [6, 6.07) is 9.27. The molecular weight excluding hydrogens is 260 g/mol. The van der Waals surface area contributed by atoms with Crippen LogP contribution >= 0.6 is 0 Å². The molecule has 5 heteroatoms. The van der Waals surface area contributed by atoms with Gasteiger partial charge in [0.15, 0.2) is 0 Å². The second kappa shape index (κ2) is 8.17. The average Bonchev–Trinajstić information content (AvgIpc) is 2.40. The van der Waals surface area contributed by atoms with Crippen LogP contribution in [0.15, 0.2) is 30.3 Å². The van der Waals surface area contributed by atoms with Gasteiger partial charge in [0.1, 0.15) is 0 Å². The van der Waals surface area contributed by atoms with Gasteiger partial charge in [0.2, 0.25) is 10.0 Å². The molecule has 0 aliphatic carbocycles. The molecule has 1 aromatic rings. The van der Waals surface area contributed by atoms with E-state index in [1.165, 1.54) is 4.31 Å². The predicted octanol–water partition coefficient (Wildman–Crippen LogP) is 2.23. The van der Waals surface area contributed by atoms with Crippen molar-refractivity contribution in [3.63, 3.8) is 0 Å². The Kier molecular flexibility index (Phi) is 6.87. The first kappa shape index (κ1) is 16.0. The molecule has 0 heterocycles. The van der Waals surface area contributed by atoms with Gasteiger partial charge in [-0.25, -0.2) is 8.42 Å². The molecule has 0 bridgehead atoms. The van der Waals surface area contributed by atoms with E-state index in [0.717, 1.165) is 25.2 Å². The number of para-hydroxylation sites is 1. The summed E-state index contributed by atoms with van der Waals surface area (Å²) in [6.07, 6.45) is 1.58. The molecule has 108 valence electrons. The lowest BCUT2D eigenvalue weighted by Gasteiger charge is -2.22. The molecule has 4 nitrogen and oxygen atoms in total. The Labute approximate surface area is 116 Å². The van der Waals surface area contributed by atoms with E-state index in [1.807, 2.05) is 44.2 Å². The highest BCUT2D eigenvalue weighted by Gasteiger charge is 2.19. The van der Waals surface area contributed by atoms with Gasteiger partial charge in [-0.05, 0) is 45.0 Å². The Hall–Kier alpha value is -1.07. The first-order valence-electron chi connectivity index (χ1n) is 6.88. The summed E-state index contributed by atoms with van der Waals surface area (Å²) in [7, 11) is -3.21.